The molecule has 0 saturated carbocycles. The van der Waals surface area contributed by atoms with Gasteiger partial charge in [-0.2, -0.15) is 4.37 Å². The lowest BCUT2D eigenvalue weighted by Crippen LogP contribution is -2.19. The molecule has 0 aliphatic heterocycles. The van der Waals surface area contributed by atoms with E-state index in [1.54, 1.807) is 7.11 Å². The van der Waals surface area contributed by atoms with E-state index in [-0.39, 0.29) is 0 Å². The lowest BCUT2D eigenvalue weighted by atomic mass is 10.7. The van der Waals surface area contributed by atoms with Crippen LogP contribution in [0.25, 0.3) is 0 Å². The van der Waals surface area contributed by atoms with Crippen molar-refractivity contribution in [2.75, 3.05) is 12.4 Å². The number of rotatable bonds is 3. The molecular weight excluding hydrogens is 180 g/mol. The van der Waals surface area contributed by atoms with E-state index in [9.17, 15) is 4.79 Å². The molecule has 66 valence electrons. The first-order valence-electron chi connectivity index (χ1n) is 3.10. The molecule has 0 bridgehead atoms. The predicted octanol–water partition coefficient (Wildman–Crippen LogP) is 0.175. The van der Waals surface area contributed by atoms with Gasteiger partial charge in [0.25, 0.3) is 0 Å². The minimum atomic E-state index is -0.643. The van der Waals surface area contributed by atoms with Gasteiger partial charge in [-0.25, -0.2) is 9.78 Å². The molecule has 1 rings (SSSR count). The summed E-state index contributed by atoms with van der Waals surface area (Å²) in [7, 11) is 1.54. The molecule has 2 amide bonds. The Labute approximate surface area is 72.9 Å². The van der Waals surface area contributed by atoms with Gasteiger partial charge >= 0.3 is 6.03 Å². The molecule has 0 fully saturated rings. The fraction of sp³-hybridized carbons (Fsp3) is 0.400. The number of amides is 2. The van der Waals surface area contributed by atoms with E-state index < -0.39 is 6.03 Å². The fourth-order valence-corrected chi connectivity index (χ4v) is 1.18. The first-order valence-corrected chi connectivity index (χ1v) is 3.87. The number of carbonyl (C=O) groups excluding carboxylic acids is 1. The van der Waals surface area contributed by atoms with Gasteiger partial charge < -0.3 is 10.5 Å². The van der Waals surface area contributed by atoms with E-state index in [1.165, 1.54) is 0 Å². The Balaban J connectivity index is 2.58. The number of hydrogen-bond acceptors (Lipinski definition) is 5. The van der Waals surface area contributed by atoms with Crippen molar-refractivity contribution < 1.29 is 9.53 Å². The number of hydrogen-bond donors (Lipinski definition) is 2. The second-order valence-corrected chi connectivity index (χ2v) is 2.69. The number of methoxy groups -OCH3 is 1. The first kappa shape index (κ1) is 8.88. The minimum Gasteiger partial charge on any atom is -0.377 e. The zero-order valence-electron chi connectivity index (χ0n) is 6.40. The summed E-state index contributed by atoms with van der Waals surface area (Å²) in [6.45, 7) is 0.330. The Morgan fingerprint density at radius 1 is 1.83 bits per heavy atom. The number of nitrogens with two attached hydrogens (primary N) is 1. The second kappa shape index (κ2) is 3.98. The van der Waals surface area contributed by atoms with Crippen LogP contribution in [0.15, 0.2) is 0 Å². The summed E-state index contributed by atoms with van der Waals surface area (Å²) in [5.41, 5.74) is 4.87. The lowest BCUT2D eigenvalue weighted by molar-refractivity contribution is 0.179. The molecule has 1 heterocycles. The third kappa shape index (κ3) is 2.44. The number of carbonyl (C=O) groups is 1. The van der Waals surface area contributed by atoms with E-state index in [4.69, 9.17) is 10.5 Å². The number of nitrogens with one attached hydrogen (secondary N) is 1. The Morgan fingerprint density at radius 3 is 3.17 bits per heavy atom. The van der Waals surface area contributed by atoms with Crippen molar-refractivity contribution >= 4 is 22.7 Å². The van der Waals surface area contributed by atoms with Gasteiger partial charge in [-0.1, -0.05) is 0 Å². The zero-order valence-corrected chi connectivity index (χ0v) is 7.22. The maximum absolute atomic E-state index is 10.4. The summed E-state index contributed by atoms with van der Waals surface area (Å²) in [5.74, 6) is 0.534. The van der Waals surface area contributed by atoms with E-state index in [0.29, 0.717) is 17.6 Å². The summed E-state index contributed by atoms with van der Waals surface area (Å²) in [5, 5.41) is 2.70. The quantitative estimate of drug-likeness (QED) is 0.707. The van der Waals surface area contributed by atoms with Crippen molar-refractivity contribution in [2.45, 2.75) is 6.61 Å². The highest BCUT2D eigenvalue weighted by Crippen LogP contribution is 2.10. The van der Waals surface area contributed by atoms with Gasteiger partial charge in [0.2, 0.25) is 5.13 Å². The minimum absolute atomic E-state index is 0.330. The predicted molar refractivity (Wildman–Crippen MR) is 43.8 cm³/mol. The Bertz CT molecular complexity index is 274. The number of ether oxygens (including phenoxy) is 1. The van der Waals surface area contributed by atoms with E-state index in [2.05, 4.69) is 14.7 Å². The maximum Gasteiger partial charge on any atom is 0.318 e. The SMILES string of the molecule is COCc1nsc(NC(N)=O)n1. The third-order valence-corrected chi connectivity index (χ3v) is 1.64. The molecule has 0 aliphatic carbocycles. The number of aromatic nitrogens is 2. The van der Waals surface area contributed by atoms with E-state index >= 15 is 0 Å². The van der Waals surface area contributed by atoms with Crippen LogP contribution in [0.2, 0.25) is 0 Å². The first-order chi connectivity index (χ1) is 5.72. The van der Waals surface area contributed by atoms with Crippen LogP contribution in [0.4, 0.5) is 9.93 Å². The van der Waals surface area contributed by atoms with Crippen LogP contribution in [-0.2, 0) is 11.3 Å². The molecule has 12 heavy (non-hydrogen) atoms. The van der Waals surface area contributed by atoms with Crippen LogP contribution in [0.5, 0.6) is 0 Å². The zero-order chi connectivity index (χ0) is 8.97. The van der Waals surface area contributed by atoms with Gasteiger partial charge in [0, 0.05) is 18.6 Å². The number of anilines is 1. The van der Waals surface area contributed by atoms with E-state index in [0.717, 1.165) is 11.5 Å². The van der Waals surface area contributed by atoms with Crippen molar-refractivity contribution in [1.82, 2.24) is 9.36 Å². The molecule has 3 N–H and O–H groups in total. The monoisotopic (exact) mass is 188 g/mol. The molecule has 1 aromatic heterocycles. The van der Waals surface area contributed by atoms with Gasteiger partial charge in [-0.3, -0.25) is 5.32 Å². The number of urea groups is 1. The molecule has 1 aromatic rings. The molecule has 7 heteroatoms. The topological polar surface area (TPSA) is 90.1 Å². The van der Waals surface area contributed by atoms with Crippen molar-refractivity contribution in [2.24, 2.45) is 5.73 Å². The number of primary amides is 1. The Hall–Kier alpha value is -1.21. The smallest absolute Gasteiger partial charge is 0.318 e. The maximum atomic E-state index is 10.4. The molecule has 0 saturated heterocycles. The summed E-state index contributed by atoms with van der Waals surface area (Å²) in [4.78, 5) is 14.3. The van der Waals surface area contributed by atoms with Crippen LogP contribution in [0.3, 0.4) is 0 Å². The largest absolute Gasteiger partial charge is 0.377 e. The average molecular weight is 188 g/mol. The van der Waals surface area contributed by atoms with Crippen molar-refractivity contribution in [3.05, 3.63) is 5.82 Å². The van der Waals surface area contributed by atoms with E-state index in [1.807, 2.05) is 0 Å². The van der Waals surface area contributed by atoms with Crippen molar-refractivity contribution in [1.29, 1.82) is 0 Å². The molecule has 0 spiro atoms. The Morgan fingerprint density at radius 2 is 2.58 bits per heavy atom. The molecule has 0 unspecified atom stereocenters. The van der Waals surface area contributed by atoms with Crippen LogP contribution < -0.4 is 11.1 Å². The summed E-state index contributed by atoms with van der Waals surface area (Å²) < 4.78 is 8.68. The normalized spacial score (nSPS) is 9.75. The van der Waals surface area contributed by atoms with Crippen molar-refractivity contribution in [3.8, 4) is 0 Å². The molecule has 0 atom stereocenters. The molecule has 0 radical (unpaired) electrons. The summed E-state index contributed by atoms with van der Waals surface area (Å²) in [6.07, 6.45) is 0. The third-order valence-electron chi connectivity index (χ3n) is 0.972. The van der Waals surface area contributed by atoms with Gasteiger partial charge in [-0.15, -0.1) is 0 Å². The van der Waals surface area contributed by atoms with Crippen LogP contribution in [0.1, 0.15) is 5.82 Å². The van der Waals surface area contributed by atoms with Crippen LogP contribution >= 0.6 is 11.5 Å². The van der Waals surface area contributed by atoms with Gasteiger partial charge in [-0.05, 0) is 0 Å². The molecular formula is C5H8N4O2S. The second-order valence-electron chi connectivity index (χ2n) is 1.94. The molecule has 0 aliphatic rings. The van der Waals surface area contributed by atoms with Gasteiger partial charge in [0.05, 0.1) is 0 Å². The van der Waals surface area contributed by atoms with Crippen LogP contribution in [-0.4, -0.2) is 22.5 Å². The summed E-state index contributed by atoms with van der Waals surface area (Å²) in [6, 6.07) is -0.643. The standard InChI is InChI=1S/C5H8N4O2S/c1-11-2-3-7-5(12-9-3)8-4(6)10/h2H2,1H3,(H3,6,7,8,9,10). The van der Waals surface area contributed by atoms with Crippen LogP contribution in [0, 0.1) is 0 Å². The fourth-order valence-electron chi connectivity index (χ4n) is 0.598. The average Bonchev–Trinajstić information content (AvgIpc) is 2.36. The molecule has 6 nitrogen and oxygen atoms in total. The summed E-state index contributed by atoms with van der Waals surface area (Å²) >= 11 is 1.06. The van der Waals surface area contributed by atoms with Gasteiger partial charge in [0.1, 0.15) is 6.61 Å². The lowest BCUT2D eigenvalue weighted by Gasteiger charge is -1.91. The van der Waals surface area contributed by atoms with Gasteiger partial charge in [0.15, 0.2) is 5.82 Å². The molecule has 0 aromatic carbocycles. The Kier molecular flexibility index (Phi) is 2.94. The highest BCUT2D eigenvalue weighted by atomic mass is 32.1. The highest BCUT2D eigenvalue weighted by molar-refractivity contribution is 7.09. The number of nitrogens with zero attached hydrogens (tertiary/aromatic N) is 2. The highest BCUT2D eigenvalue weighted by Gasteiger charge is 2.03. The van der Waals surface area contributed by atoms with Crippen molar-refractivity contribution in [3.63, 3.8) is 0 Å².